The number of rotatable bonds is 8. The van der Waals surface area contributed by atoms with Gasteiger partial charge in [-0.05, 0) is 60.2 Å². The van der Waals surface area contributed by atoms with Crippen LogP contribution in [-0.4, -0.2) is 13.0 Å². The van der Waals surface area contributed by atoms with Crippen molar-refractivity contribution in [2.75, 3.05) is 12.4 Å². The topological polar surface area (TPSA) is 56.8 Å². The van der Waals surface area contributed by atoms with E-state index in [1.807, 2.05) is 54.6 Å². The normalized spacial score (nSPS) is 10.4. The molecule has 0 fully saturated rings. The number of para-hydroxylation sites is 2. The van der Waals surface area contributed by atoms with Gasteiger partial charge in [-0.2, -0.15) is 0 Å². The zero-order chi connectivity index (χ0) is 23.0. The van der Waals surface area contributed by atoms with Gasteiger partial charge in [0.05, 0.1) is 12.7 Å². The molecule has 0 radical (unpaired) electrons. The van der Waals surface area contributed by atoms with Crippen LogP contribution in [0.3, 0.4) is 0 Å². The van der Waals surface area contributed by atoms with Crippen molar-refractivity contribution in [1.82, 2.24) is 0 Å². The van der Waals surface area contributed by atoms with Crippen molar-refractivity contribution < 1.29 is 19.0 Å². The number of carbonyl (C=O) groups excluding carboxylic acids is 1. The summed E-state index contributed by atoms with van der Waals surface area (Å²) in [4.78, 5) is 13.0. The molecule has 0 bridgehead atoms. The number of carbonyl (C=O) groups is 1. The zero-order valence-electron chi connectivity index (χ0n) is 18.0. The average molecular weight is 460 g/mol. The maximum Gasteiger partial charge on any atom is 0.259 e. The Morgan fingerprint density at radius 3 is 2.24 bits per heavy atom. The number of nitrogens with one attached hydrogen (secondary N) is 1. The van der Waals surface area contributed by atoms with E-state index in [1.54, 1.807) is 49.6 Å². The van der Waals surface area contributed by atoms with Gasteiger partial charge >= 0.3 is 0 Å². The van der Waals surface area contributed by atoms with Crippen molar-refractivity contribution in [2.45, 2.75) is 6.61 Å². The van der Waals surface area contributed by atoms with Crippen LogP contribution < -0.4 is 19.5 Å². The highest BCUT2D eigenvalue weighted by Gasteiger charge is 2.14. The lowest BCUT2D eigenvalue weighted by molar-refractivity contribution is 0.102. The minimum absolute atomic E-state index is 0.320. The highest BCUT2D eigenvalue weighted by molar-refractivity contribution is 6.31. The maximum absolute atomic E-state index is 13.0. The van der Waals surface area contributed by atoms with Crippen molar-refractivity contribution in [3.8, 4) is 23.0 Å². The highest BCUT2D eigenvalue weighted by atomic mass is 35.5. The number of anilines is 1. The van der Waals surface area contributed by atoms with Crippen LogP contribution >= 0.6 is 11.6 Å². The Morgan fingerprint density at radius 2 is 1.52 bits per heavy atom. The van der Waals surface area contributed by atoms with Crippen molar-refractivity contribution in [1.29, 1.82) is 0 Å². The molecule has 0 aromatic heterocycles. The number of amides is 1. The minimum atomic E-state index is -0.320. The summed E-state index contributed by atoms with van der Waals surface area (Å²) in [5.41, 5.74) is 1.97. The first-order valence-electron chi connectivity index (χ1n) is 10.3. The molecule has 0 heterocycles. The number of hydrogen-bond donors (Lipinski definition) is 1. The molecule has 5 nitrogen and oxygen atoms in total. The van der Waals surface area contributed by atoms with Gasteiger partial charge in [-0.1, -0.05) is 54.1 Å². The predicted molar refractivity (Wildman–Crippen MR) is 130 cm³/mol. The van der Waals surface area contributed by atoms with Crippen LogP contribution in [0.1, 0.15) is 15.9 Å². The van der Waals surface area contributed by atoms with E-state index >= 15 is 0 Å². The molecule has 166 valence electrons. The summed E-state index contributed by atoms with van der Waals surface area (Å²) in [6, 6.07) is 29.2. The van der Waals surface area contributed by atoms with Crippen LogP contribution in [0.15, 0.2) is 97.1 Å². The lowest BCUT2D eigenvalue weighted by Crippen LogP contribution is -2.13. The number of methoxy groups -OCH3 is 1. The van der Waals surface area contributed by atoms with Crippen LogP contribution in [0.4, 0.5) is 5.69 Å². The van der Waals surface area contributed by atoms with Gasteiger partial charge in [0, 0.05) is 10.7 Å². The Kier molecular flexibility index (Phi) is 7.12. The molecule has 0 atom stereocenters. The molecule has 4 rings (SSSR count). The van der Waals surface area contributed by atoms with Gasteiger partial charge in [-0.15, -0.1) is 0 Å². The lowest BCUT2D eigenvalue weighted by atomic mass is 10.1. The Labute approximate surface area is 197 Å². The first-order valence-corrected chi connectivity index (χ1v) is 10.7. The Balaban J connectivity index is 1.45. The van der Waals surface area contributed by atoms with E-state index in [0.717, 1.165) is 5.56 Å². The highest BCUT2D eigenvalue weighted by Crippen LogP contribution is 2.31. The van der Waals surface area contributed by atoms with Gasteiger partial charge in [0.2, 0.25) is 0 Å². The molecule has 4 aromatic rings. The van der Waals surface area contributed by atoms with Crippen LogP contribution in [0.2, 0.25) is 5.02 Å². The molecule has 0 aliphatic carbocycles. The van der Waals surface area contributed by atoms with E-state index < -0.39 is 0 Å². The molecule has 1 amide bonds. The summed E-state index contributed by atoms with van der Waals surface area (Å²) in [5.74, 6) is 2.00. The second-order valence-electron chi connectivity index (χ2n) is 7.15. The average Bonchev–Trinajstić information content (AvgIpc) is 2.85. The quantitative estimate of drug-likeness (QED) is 0.309. The third-order valence-corrected chi connectivity index (χ3v) is 5.07. The summed E-state index contributed by atoms with van der Waals surface area (Å²) in [6.07, 6.45) is 0. The van der Waals surface area contributed by atoms with Crippen molar-refractivity contribution in [3.63, 3.8) is 0 Å². The predicted octanol–water partition coefficient (Wildman–Crippen LogP) is 6.97. The number of halogens is 1. The molecule has 0 saturated heterocycles. The fourth-order valence-electron chi connectivity index (χ4n) is 3.18. The molecule has 4 aromatic carbocycles. The summed E-state index contributed by atoms with van der Waals surface area (Å²) in [7, 11) is 1.59. The molecule has 33 heavy (non-hydrogen) atoms. The Bertz CT molecular complexity index is 1230. The van der Waals surface area contributed by atoms with E-state index in [0.29, 0.717) is 45.9 Å². The maximum atomic E-state index is 13.0. The van der Waals surface area contributed by atoms with Crippen LogP contribution in [-0.2, 0) is 6.61 Å². The lowest BCUT2D eigenvalue weighted by Gasteiger charge is -2.13. The van der Waals surface area contributed by atoms with Gasteiger partial charge in [-0.25, -0.2) is 0 Å². The first-order chi connectivity index (χ1) is 16.1. The van der Waals surface area contributed by atoms with Gasteiger partial charge in [0.1, 0.15) is 18.1 Å². The summed E-state index contributed by atoms with van der Waals surface area (Å²) in [5, 5.41) is 3.33. The van der Waals surface area contributed by atoms with Crippen LogP contribution in [0, 0.1) is 0 Å². The fraction of sp³-hybridized carbons (Fsp3) is 0.0741. The van der Waals surface area contributed by atoms with Crippen molar-refractivity contribution in [2.24, 2.45) is 0 Å². The smallest absolute Gasteiger partial charge is 0.259 e. The molecular formula is C27H22ClNO4. The molecule has 6 heteroatoms. The molecular weight excluding hydrogens is 438 g/mol. The van der Waals surface area contributed by atoms with E-state index in [-0.39, 0.29) is 5.91 Å². The van der Waals surface area contributed by atoms with Gasteiger partial charge in [-0.3, -0.25) is 4.79 Å². The third-order valence-electron chi connectivity index (χ3n) is 4.83. The van der Waals surface area contributed by atoms with Crippen LogP contribution in [0.25, 0.3) is 0 Å². The van der Waals surface area contributed by atoms with E-state index in [4.69, 9.17) is 25.8 Å². The first kappa shape index (κ1) is 22.2. The Morgan fingerprint density at radius 1 is 0.818 bits per heavy atom. The monoisotopic (exact) mass is 459 g/mol. The largest absolute Gasteiger partial charge is 0.493 e. The second kappa shape index (κ2) is 10.6. The number of benzene rings is 4. The van der Waals surface area contributed by atoms with E-state index in [9.17, 15) is 4.79 Å². The van der Waals surface area contributed by atoms with E-state index in [1.165, 1.54) is 0 Å². The standard InChI is InChI=1S/C27H22ClNO4/c1-31-25-9-5-6-10-26(25)33-22-14-12-21(13-15-22)29-27(30)23-17-20(28)11-16-24(23)32-18-19-7-3-2-4-8-19/h2-17H,18H2,1H3,(H,29,30). The Hall–Kier alpha value is -3.96. The third kappa shape index (κ3) is 5.84. The SMILES string of the molecule is COc1ccccc1Oc1ccc(NC(=O)c2cc(Cl)ccc2OCc2ccccc2)cc1. The fourth-order valence-corrected chi connectivity index (χ4v) is 3.35. The summed E-state index contributed by atoms with van der Waals surface area (Å²) < 4.78 is 17.1. The van der Waals surface area contributed by atoms with Crippen molar-refractivity contribution >= 4 is 23.2 Å². The van der Waals surface area contributed by atoms with E-state index in [2.05, 4.69) is 5.32 Å². The van der Waals surface area contributed by atoms with Crippen molar-refractivity contribution in [3.05, 3.63) is 113 Å². The molecule has 0 aliphatic heterocycles. The molecule has 0 unspecified atom stereocenters. The number of ether oxygens (including phenoxy) is 3. The van der Waals surface area contributed by atoms with Gasteiger partial charge in [0.25, 0.3) is 5.91 Å². The molecule has 0 spiro atoms. The minimum Gasteiger partial charge on any atom is -0.493 e. The zero-order valence-corrected chi connectivity index (χ0v) is 18.7. The van der Waals surface area contributed by atoms with Gasteiger partial charge in [0.15, 0.2) is 11.5 Å². The molecule has 1 N–H and O–H groups in total. The summed E-state index contributed by atoms with van der Waals surface area (Å²) >= 11 is 6.14. The number of hydrogen-bond acceptors (Lipinski definition) is 4. The van der Waals surface area contributed by atoms with Gasteiger partial charge < -0.3 is 19.5 Å². The molecule has 0 aliphatic rings. The summed E-state index contributed by atoms with van der Waals surface area (Å²) in [6.45, 7) is 0.345. The van der Waals surface area contributed by atoms with Crippen LogP contribution in [0.5, 0.6) is 23.0 Å². The second-order valence-corrected chi connectivity index (χ2v) is 7.58. The molecule has 0 saturated carbocycles.